The molecule has 1 unspecified atom stereocenters. The van der Waals surface area contributed by atoms with Gasteiger partial charge in [0.2, 0.25) is 0 Å². The molecule has 1 atom stereocenters. The summed E-state index contributed by atoms with van der Waals surface area (Å²) in [5.74, 6) is 0.922. The Morgan fingerprint density at radius 3 is 3.00 bits per heavy atom. The first-order valence-electron chi connectivity index (χ1n) is 4.78. The van der Waals surface area contributed by atoms with Gasteiger partial charge in [-0.25, -0.2) is 0 Å². The van der Waals surface area contributed by atoms with Gasteiger partial charge in [-0.05, 0) is 25.3 Å². The van der Waals surface area contributed by atoms with Gasteiger partial charge in [-0.1, -0.05) is 35.9 Å². The van der Waals surface area contributed by atoms with Gasteiger partial charge in [0.15, 0.2) is 0 Å². The van der Waals surface area contributed by atoms with Crippen molar-refractivity contribution in [3.05, 3.63) is 11.1 Å². The van der Waals surface area contributed by atoms with E-state index < -0.39 is 0 Å². The molecule has 0 saturated carbocycles. The Balaban J connectivity index is 2.30. The van der Waals surface area contributed by atoms with Gasteiger partial charge in [-0.2, -0.15) is 0 Å². The van der Waals surface area contributed by atoms with Crippen LogP contribution in [0.1, 0.15) is 26.2 Å². The highest BCUT2D eigenvalue weighted by Gasteiger charge is 2.17. The fraction of sp³-hybridized carbons (Fsp3) is 0.800. The maximum absolute atomic E-state index is 3.88. The molecule has 0 spiro atoms. The summed E-state index contributed by atoms with van der Waals surface area (Å²) < 4.78 is 1.11. The predicted molar refractivity (Wildman–Crippen MR) is 57.5 cm³/mol. The first kappa shape index (κ1) is 10.3. The molecule has 0 aromatic rings. The number of nitrogens with zero attached hydrogens (tertiary/aromatic N) is 1. The lowest BCUT2D eigenvalue weighted by Crippen LogP contribution is -2.35. The van der Waals surface area contributed by atoms with Crippen molar-refractivity contribution < 1.29 is 0 Å². The summed E-state index contributed by atoms with van der Waals surface area (Å²) in [6.45, 7) is 9.70. The molecule has 70 valence electrons. The Hall–Kier alpha value is 0.180. The second kappa shape index (κ2) is 5.03. The molecule has 0 radical (unpaired) electrons. The molecular formula is C10H18BrN. The maximum Gasteiger partial charge on any atom is 0.0294 e. The first-order valence-corrected chi connectivity index (χ1v) is 5.57. The van der Waals surface area contributed by atoms with E-state index in [0.717, 1.165) is 16.9 Å². The van der Waals surface area contributed by atoms with E-state index in [1.807, 2.05) is 0 Å². The van der Waals surface area contributed by atoms with E-state index >= 15 is 0 Å². The van der Waals surface area contributed by atoms with Crippen LogP contribution >= 0.6 is 15.9 Å². The summed E-state index contributed by atoms with van der Waals surface area (Å²) in [5.41, 5.74) is 0. The van der Waals surface area contributed by atoms with Crippen molar-refractivity contribution in [1.82, 2.24) is 4.90 Å². The average molecular weight is 232 g/mol. The summed E-state index contributed by atoms with van der Waals surface area (Å²) in [5, 5.41) is 0. The van der Waals surface area contributed by atoms with Gasteiger partial charge in [0, 0.05) is 17.6 Å². The number of piperidine rings is 1. The molecule has 12 heavy (non-hydrogen) atoms. The van der Waals surface area contributed by atoms with Crippen LogP contribution < -0.4 is 0 Å². The Morgan fingerprint density at radius 1 is 1.67 bits per heavy atom. The van der Waals surface area contributed by atoms with Crippen molar-refractivity contribution in [2.45, 2.75) is 26.2 Å². The third-order valence-corrected chi connectivity index (χ3v) is 2.83. The molecule has 1 aliphatic rings. The van der Waals surface area contributed by atoms with Crippen LogP contribution in [0.5, 0.6) is 0 Å². The van der Waals surface area contributed by atoms with Gasteiger partial charge >= 0.3 is 0 Å². The van der Waals surface area contributed by atoms with E-state index in [-0.39, 0.29) is 0 Å². The Kier molecular flexibility index (Phi) is 4.30. The maximum atomic E-state index is 3.88. The largest absolute Gasteiger partial charge is 0.298 e. The summed E-state index contributed by atoms with van der Waals surface area (Å²) in [6.07, 6.45) is 4.10. The lowest BCUT2D eigenvalue weighted by molar-refractivity contribution is 0.187. The van der Waals surface area contributed by atoms with Crippen LogP contribution in [0.15, 0.2) is 11.1 Å². The molecule has 1 aliphatic heterocycles. The highest BCUT2D eigenvalue weighted by atomic mass is 79.9. The number of hydrogen-bond acceptors (Lipinski definition) is 1. The van der Waals surface area contributed by atoms with Crippen molar-refractivity contribution >= 4 is 15.9 Å². The van der Waals surface area contributed by atoms with E-state index in [4.69, 9.17) is 0 Å². The van der Waals surface area contributed by atoms with Gasteiger partial charge in [0.1, 0.15) is 0 Å². The minimum atomic E-state index is 0.922. The van der Waals surface area contributed by atoms with Gasteiger partial charge in [-0.15, -0.1) is 0 Å². The van der Waals surface area contributed by atoms with E-state index in [2.05, 4.69) is 34.3 Å². The molecule has 0 bridgehead atoms. The SMILES string of the molecule is C=C(Br)CN1CCCC(CC)C1. The molecular weight excluding hydrogens is 214 g/mol. The Bertz CT molecular complexity index is 156. The average Bonchev–Trinajstić information content (AvgIpc) is 2.03. The summed E-state index contributed by atoms with van der Waals surface area (Å²) >= 11 is 3.42. The molecule has 0 aromatic carbocycles. The van der Waals surface area contributed by atoms with Crippen LogP contribution in [-0.4, -0.2) is 24.5 Å². The zero-order valence-electron chi connectivity index (χ0n) is 7.85. The van der Waals surface area contributed by atoms with Crippen molar-refractivity contribution in [3.63, 3.8) is 0 Å². The molecule has 1 heterocycles. The van der Waals surface area contributed by atoms with Crippen molar-refractivity contribution in [3.8, 4) is 0 Å². The zero-order valence-corrected chi connectivity index (χ0v) is 9.44. The minimum absolute atomic E-state index is 0.922. The molecule has 0 aromatic heterocycles. The minimum Gasteiger partial charge on any atom is -0.298 e. The predicted octanol–water partition coefficient (Wildman–Crippen LogP) is 3.02. The summed E-state index contributed by atoms with van der Waals surface area (Å²) in [6, 6.07) is 0. The van der Waals surface area contributed by atoms with E-state index in [1.54, 1.807) is 0 Å². The summed E-state index contributed by atoms with van der Waals surface area (Å²) in [4.78, 5) is 2.49. The number of halogens is 1. The fourth-order valence-corrected chi connectivity index (χ4v) is 2.23. The number of likely N-dealkylation sites (tertiary alicyclic amines) is 1. The highest BCUT2D eigenvalue weighted by Crippen LogP contribution is 2.20. The summed E-state index contributed by atoms with van der Waals surface area (Å²) in [7, 11) is 0. The molecule has 0 N–H and O–H groups in total. The molecule has 1 saturated heterocycles. The van der Waals surface area contributed by atoms with Crippen molar-refractivity contribution in [1.29, 1.82) is 0 Å². The lowest BCUT2D eigenvalue weighted by atomic mass is 9.96. The molecule has 1 fully saturated rings. The second-order valence-electron chi connectivity index (χ2n) is 3.67. The van der Waals surface area contributed by atoms with Gasteiger partial charge in [0.25, 0.3) is 0 Å². The number of rotatable bonds is 3. The molecule has 0 aliphatic carbocycles. The normalized spacial score (nSPS) is 25.7. The van der Waals surface area contributed by atoms with Gasteiger partial charge in [-0.3, -0.25) is 4.90 Å². The first-order chi connectivity index (χ1) is 5.72. The van der Waals surface area contributed by atoms with Crippen LogP contribution in [0, 0.1) is 5.92 Å². The van der Waals surface area contributed by atoms with E-state index in [1.165, 1.54) is 32.4 Å². The number of hydrogen-bond donors (Lipinski definition) is 0. The van der Waals surface area contributed by atoms with Gasteiger partial charge in [0.05, 0.1) is 0 Å². The lowest BCUT2D eigenvalue weighted by Gasteiger charge is -2.31. The topological polar surface area (TPSA) is 3.24 Å². The van der Waals surface area contributed by atoms with Crippen molar-refractivity contribution in [2.24, 2.45) is 5.92 Å². The monoisotopic (exact) mass is 231 g/mol. The van der Waals surface area contributed by atoms with Crippen LogP contribution in [0.2, 0.25) is 0 Å². The third-order valence-electron chi connectivity index (χ3n) is 2.58. The third kappa shape index (κ3) is 3.28. The zero-order chi connectivity index (χ0) is 8.97. The van der Waals surface area contributed by atoms with Crippen LogP contribution in [0.4, 0.5) is 0 Å². The standard InChI is InChI=1S/C10H18BrN/c1-3-10-5-4-6-12(8-10)7-9(2)11/h10H,2-8H2,1H3. The second-order valence-corrected chi connectivity index (χ2v) is 4.79. The molecule has 1 rings (SSSR count). The van der Waals surface area contributed by atoms with Crippen LogP contribution in [-0.2, 0) is 0 Å². The van der Waals surface area contributed by atoms with Gasteiger partial charge < -0.3 is 0 Å². The highest BCUT2D eigenvalue weighted by molar-refractivity contribution is 9.11. The van der Waals surface area contributed by atoms with Crippen LogP contribution in [0.25, 0.3) is 0 Å². The quantitative estimate of drug-likeness (QED) is 0.723. The Labute approximate surface area is 84.0 Å². The smallest absolute Gasteiger partial charge is 0.0294 e. The Morgan fingerprint density at radius 2 is 2.42 bits per heavy atom. The molecule has 0 amide bonds. The van der Waals surface area contributed by atoms with E-state index in [0.29, 0.717) is 0 Å². The molecule has 1 nitrogen and oxygen atoms in total. The molecule has 2 heteroatoms. The van der Waals surface area contributed by atoms with Crippen molar-refractivity contribution in [2.75, 3.05) is 19.6 Å². The fourth-order valence-electron chi connectivity index (χ4n) is 1.87. The van der Waals surface area contributed by atoms with E-state index in [9.17, 15) is 0 Å². The van der Waals surface area contributed by atoms with Crippen LogP contribution in [0.3, 0.4) is 0 Å².